The quantitative estimate of drug-likeness (QED) is 0.790. The van der Waals surface area contributed by atoms with Gasteiger partial charge in [-0.25, -0.2) is 9.48 Å². The molecule has 0 spiro atoms. The lowest BCUT2D eigenvalue weighted by atomic mass is 10.2. The summed E-state index contributed by atoms with van der Waals surface area (Å²) < 4.78 is 9.11. The fourth-order valence-electron chi connectivity index (χ4n) is 2.87. The van der Waals surface area contributed by atoms with Crippen molar-refractivity contribution in [1.82, 2.24) is 24.6 Å². The lowest BCUT2D eigenvalue weighted by Crippen LogP contribution is -2.48. The van der Waals surface area contributed by atoms with Crippen molar-refractivity contribution in [3.8, 4) is 0 Å². The standard InChI is InChI=1S/C13H23N5O2/c1-10(2)16-5-6-20-11(8-16)9-18-13(19)17-4-3-14-7-12(17)15-18/h10-11,14H,3-9H2,1-2H3. The van der Waals surface area contributed by atoms with E-state index in [2.05, 4.69) is 29.2 Å². The van der Waals surface area contributed by atoms with Crippen LogP contribution in [0.15, 0.2) is 4.79 Å². The molecule has 1 aromatic rings. The molecule has 1 fully saturated rings. The molecule has 1 N–H and O–H groups in total. The van der Waals surface area contributed by atoms with Crippen LogP contribution in [0.2, 0.25) is 0 Å². The van der Waals surface area contributed by atoms with Crippen molar-refractivity contribution in [1.29, 1.82) is 0 Å². The molecule has 7 nitrogen and oxygen atoms in total. The molecule has 2 aliphatic heterocycles. The molecule has 0 aromatic carbocycles. The van der Waals surface area contributed by atoms with Crippen LogP contribution in [0.1, 0.15) is 19.7 Å². The predicted molar refractivity (Wildman–Crippen MR) is 74.6 cm³/mol. The summed E-state index contributed by atoms with van der Waals surface area (Å²) in [6, 6.07) is 0.512. The van der Waals surface area contributed by atoms with Crippen LogP contribution >= 0.6 is 0 Å². The third-order valence-corrected chi connectivity index (χ3v) is 4.07. The number of ether oxygens (including phenoxy) is 1. The van der Waals surface area contributed by atoms with Crippen LogP contribution in [-0.2, 0) is 24.4 Å². The summed E-state index contributed by atoms with van der Waals surface area (Å²) in [6.45, 7) is 9.69. The van der Waals surface area contributed by atoms with Crippen LogP contribution in [0.4, 0.5) is 0 Å². The van der Waals surface area contributed by atoms with Gasteiger partial charge in [0.1, 0.15) is 5.82 Å². The lowest BCUT2D eigenvalue weighted by Gasteiger charge is -2.35. The van der Waals surface area contributed by atoms with Crippen LogP contribution in [-0.4, -0.2) is 57.6 Å². The molecule has 0 radical (unpaired) electrons. The minimum Gasteiger partial charge on any atom is -0.374 e. The predicted octanol–water partition coefficient (Wildman–Crippen LogP) is -0.743. The molecule has 1 saturated heterocycles. The zero-order valence-corrected chi connectivity index (χ0v) is 12.2. The first-order chi connectivity index (χ1) is 9.65. The molecule has 0 amide bonds. The van der Waals surface area contributed by atoms with Gasteiger partial charge < -0.3 is 10.1 Å². The Kier molecular flexibility index (Phi) is 3.91. The maximum atomic E-state index is 12.3. The third-order valence-electron chi connectivity index (χ3n) is 4.07. The number of morpholine rings is 1. The van der Waals surface area contributed by atoms with Crippen molar-refractivity contribution in [2.45, 2.75) is 45.6 Å². The van der Waals surface area contributed by atoms with E-state index in [-0.39, 0.29) is 11.8 Å². The first kappa shape index (κ1) is 13.8. The molecule has 112 valence electrons. The van der Waals surface area contributed by atoms with Gasteiger partial charge in [0.2, 0.25) is 0 Å². The Morgan fingerprint density at radius 1 is 1.45 bits per heavy atom. The van der Waals surface area contributed by atoms with Gasteiger partial charge in [-0.2, -0.15) is 5.10 Å². The Hall–Kier alpha value is -1.18. The van der Waals surface area contributed by atoms with E-state index in [1.54, 1.807) is 9.25 Å². The maximum absolute atomic E-state index is 12.3. The van der Waals surface area contributed by atoms with E-state index in [1.807, 2.05) is 0 Å². The Morgan fingerprint density at radius 3 is 3.05 bits per heavy atom. The van der Waals surface area contributed by atoms with Gasteiger partial charge in [0.15, 0.2) is 0 Å². The lowest BCUT2D eigenvalue weighted by molar-refractivity contribution is -0.0474. The highest BCUT2D eigenvalue weighted by molar-refractivity contribution is 4.91. The first-order valence-corrected chi connectivity index (χ1v) is 7.38. The van der Waals surface area contributed by atoms with Crippen molar-refractivity contribution >= 4 is 0 Å². The summed E-state index contributed by atoms with van der Waals surface area (Å²) in [5.41, 5.74) is -0.00762. The van der Waals surface area contributed by atoms with Crippen LogP contribution < -0.4 is 11.0 Å². The van der Waals surface area contributed by atoms with Crippen LogP contribution in [0.25, 0.3) is 0 Å². The fourth-order valence-corrected chi connectivity index (χ4v) is 2.87. The summed E-state index contributed by atoms with van der Waals surface area (Å²) in [6.07, 6.45) is 0.0498. The molecular formula is C13H23N5O2. The molecule has 7 heteroatoms. The second kappa shape index (κ2) is 5.67. The van der Waals surface area contributed by atoms with Crippen LogP contribution in [0.5, 0.6) is 0 Å². The van der Waals surface area contributed by atoms with Gasteiger partial charge in [0.25, 0.3) is 0 Å². The number of nitrogens with one attached hydrogen (secondary N) is 1. The zero-order valence-electron chi connectivity index (χ0n) is 12.2. The minimum atomic E-state index is -0.00762. The van der Waals surface area contributed by atoms with E-state index in [0.29, 0.717) is 25.7 Å². The highest BCUT2D eigenvalue weighted by Gasteiger charge is 2.25. The van der Waals surface area contributed by atoms with Gasteiger partial charge in [-0.3, -0.25) is 9.47 Å². The number of nitrogens with zero attached hydrogens (tertiary/aromatic N) is 4. The average Bonchev–Trinajstić information content (AvgIpc) is 2.76. The van der Waals surface area contributed by atoms with Gasteiger partial charge in [0, 0.05) is 32.2 Å². The average molecular weight is 281 g/mol. The number of fused-ring (bicyclic) bond motifs is 1. The third kappa shape index (κ3) is 2.65. The molecule has 1 aromatic heterocycles. The van der Waals surface area contributed by atoms with Crippen LogP contribution in [0, 0.1) is 0 Å². The van der Waals surface area contributed by atoms with Gasteiger partial charge in [-0.1, -0.05) is 0 Å². The topological polar surface area (TPSA) is 64.3 Å². The Morgan fingerprint density at radius 2 is 2.30 bits per heavy atom. The number of hydrogen-bond donors (Lipinski definition) is 1. The first-order valence-electron chi connectivity index (χ1n) is 7.38. The van der Waals surface area contributed by atoms with Gasteiger partial charge >= 0.3 is 5.69 Å². The van der Waals surface area contributed by atoms with E-state index in [0.717, 1.165) is 32.1 Å². The molecule has 3 rings (SSSR count). The fraction of sp³-hybridized carbons (Fsp3) is 0.846. The van der Waals surface area contributed by atoms with E-state index in [9.17, 15) is 4.79 Å². The maximum Gasteiger partial charge on any atom is 0.346 e. The van der Waals surface area contributed by atoms with E-state index < -0.39 is 0 Å². The monoisotopic (exact) mass is 281 g/mol. The van der Waals surface area contributed by atoms with Crippen molar-refractivity contribution < 1.29 is 4.74 Å². The zero-order chi connectivity index (χ0) is 14.1. The number of rotatable bonds is 3. The molecule has 1 atom stereocenters. The minimum absolute atomic E-state index is 0.00762. The van der Waals surface area contributed by atoms with Crippen LogP contribution in [0.3, 0.4) is 0 Å². The molecular weight excluding hydrogens is 258 g/mol. The Balaban J connectivity index is 1.71. The van der Waals surface area contributed by atoms with Crippen molar-refractivity contribution in [2.24, 2.45) is 0 Å². The highest BCUT2D eigenvalue weighted by Crippen LogP contribution is 2.10. The Labute approximate surface area is 118 Å². The summed E-state index contributed by atoms with van der Waals surface area (Å²) in [5.74, 6) is 0.831. The smallest absolute Gasteiger partial charge is 0.346 e. The highest BCUT2D eigenvalue weighted by atomic mass is 16.5. The number of hydrogen-bond acceptors (Lipinski definition) is 5. The normalized spacial score (nSPS) is 24.1. The van der Waals surface area contributed by atoms with Gasteiger partial charge in [0.05, 0.1) is 25.8 Å². The van der Waals surface area contributed by atoms with E-state index in [1.165, 1.54) is 0 Å². The molecule has 20 heavy (non-hydrogen) atoms. The molecule has 3 heterocycles. The van der Waals surface area contributed by atoms with E-state index >= 15 is 0 Å². The van der Waals surface area contributed by atoms with Gasteiger partial charge in [-0.15, -0.1) is 0 Å². The Bertz CT molecular complexity index is 521. The summed E-state index contributed by atoms with van der Waals surface area (Å²) in [4.78, 5) is 14.7. The molecule has 1 unspecified atom stereocenters. The summed E-state index contributed by atoms with van der Waals surface area (Å²) in [7, 11) is 0. The SMILES string of the molecule is CC(C)N1CCOC(Cn2nc3n(c2=O)CCNC3)C1. The van der Waals surface area contributed by atoms with Crippen molar-refractivity contribution in [2.75, 3.05) is 26.2 Å². The molecule has 2 aliphatic rings. The largest absolute Gasteiger partial charge is 0.374 e. The summed E-state index contributed by atoms with van der Waals surface area (Å²) >= 11 is 0. The molecule has 0 bridgehead atoms. The second-order valence-electron chi connectivity index (χ2n) is 5.79. The van der Waals surface area contributed by atoms with Crippen molar-refractivity contribution in [3.63, 3.8) is 0 Å². The van der Waals surface area contributed by atoms with Gasteiger partial charge in [-0.05, 0) is 13.8 Å². The molecule has 0 saturated carbocycles. The summed E-state index contributed by atoms with van der Waals surface area (Å²) in [5, 5.41) is 7.65. The van der Waals surface area contributed by atoms with E-state index in [4.69, 9.17) is 4.74 Å². The molecule has 0 aliphatic carbocycles. The number of aromatic nitrogens is 3. The van der Waals surface area contributed by atoms with Crippen molar-refractivity contribution in [3.05, 3.63) is 16.3 Å². The second-order valence-corrected chi connectivity index (χ2v) is 5.79.